The van der Waals surface area contributed by atoms with Crippen molar-refractivity contribution < 1.29 is 0 Å². The Kier molecular flexibility index (Phi) is 3.52. The molecular formula is C13H19N5S. The third-order valence-electron chi connectivity index (χ3n) is 3.47. The number of rotatable bonds is 3. The number of nitrogens with zero attached hydrogens (tertiary/aromatic N) is 3. The number of nitrogens with one attached hydrogen (secondary N) is 2. The molecule has 0 bridgehead atoms. The Morgan fingerprint density at radius 2 is 2.42 bits per heavy atom. The fourth-order valence-corrected chi connectivity index (χ4v) is 3.37. The molecule has 0 spiro atoms. The summed E-state index contributed by atoms with van der Waals surface area (Å²) in [5, 5.41) is 13.0. The van der Waals surface area contributed by atoms with E-state index < -0.39 is 0 Å². The van der Waals surface area contributed by atoms with Crippen LogP contribution in [0.25, 0.3) is 10.7 Å². The molecule has 2 aromatic rings. The number of aromatic amines is 1. The molecule has 102 valence electrons. The van der Waals surface area contributed by atoms with Crippen molar-refractivity contribution in [3.63, 3.8) is 0 Å². The summed E-state index contributed by atoms with van der Waals surface area (Å²) >= 11 is 1.72. The lowest BCUT2D eigenvalue weighted by atomic mass is 10.2. The van der Waals surface area contributed by atoms with E-state index in [1.165, 1.54) is 10.4 Å². The first-order valence-electron chi connectivity index (χ1n) is 6.75. The van der Waals surface area contributed by atoms with Gasteiger partial charge in [-0.05, 0) is 30.4 Å². The van der Waals surface area contributed by atoms with E-state index in [0.717, 1.165) is 37.8 Å². The van der Waals surface area contributed by atoms with E-state index in [9.17, 15) is 0 Å². The zero-order valence-electron chi connectivity index (χ0n) is 11.3. The summed E-state index contributed by atoms with van der Waals surface area (Å²) in [6.45, 7) is 7.27. The monoisotopic (exact) mass is 277 g/mol. The maximum atomic E-state index is 4.66. The van der Waals surface area contributed by atoms with Gasteiger partial charge in [-0.15, -0.1) is 16.4 Å². The summed E-state index contributed by atoms with van der Waals surface area (Å²) in [6.07, 6.45) is 1.03. The second-order valence-electron chi connectivity index (χ2n) is 4.91. The molecule has 1 aliphatic rings. The molecule has 1 atom stereocenters. The van der Waals surface area contributed by atoms with Crippen molar-refractivity contribution in [3.8, 4) is 10.7 Å². The molecular weight excluding hydrogens is 258 g/mol. The number of anilines is 1. The van der Waals surface area contributed by atoms with Crippen LogP contribution in [0, 0.1) is 0 Å². The van der Waals surface area contributed by atoms with E-state index in [1.807, 2.05) is 0 Å². The molecule has 5 nitrogen and oxygen atoms in total. The van der Waals surface area contributed by atoms with Gasteiger partial charge < -0.3 is 10.2 Å². The number of thiophene rings is 1. The Balaban J connectivity index is 1.83. The van der Waals surface area contributed by atoms with Crippen LogP contribution in [-0.2, 0) is 6.42 Å². The summed E-state index contributed by atoms with van der Waals surface area (Å²) < 4.78 is 0. The molecule has 3 rings (SSSR count). The van der Waals surface area contributed by atoms with Crippen LogP contribution in [0.1, 0.15) is 19.4 Å². The van der Waals surface area contributed by atoms with Crippen LogP contribution in [0.2, 0.25) is 0 Å². The van der Waals surface area contributed by atoms with Crippen molar-refractivity contribution in [1.82, 2.24) is 20.5 Å². The maximum Gasteiger partial charge on any atom is 0.245 e. The highest BCUT2D eigenvalue weighted by atomic mass is 32.1. The van der Waals surface area contributed by atoms with Crippen molar-refractivity contribution >= 4 is 17.3 Å². The van der Waals surface area contributed by atoms with Crippen molar-refractivity contribution in [2.45, 2.75) is 26.3 Å². The molecule has 1 saturated heterocycles. The summed E-state index contributed by atoms with van der Waals surface area (Å²) in [7, 11) is 0. The first-order chi connectivity index (χ1) is 9.28. The Labute approximate surface area is 117 Å². The van der Waals surface area contributed by atoms with Crippen LogP contribution in [0.3, 0.4) is 0 Å². The molecule has 0 aliphatic carbocycles. The highest BCUT2D eigenvalue weighted by Gasteiger charge is 2.20. The van der Waals surface area contributed by atoms with Gasteiger partial charge in [0.2, 0.25) is 5.95 Å². The highest BCUT2D eigenvalue weighted by molar-refractivity contribution is 7.13. The maximum absolute atomic E-state index is 4.66. The first-order valence-corrected chi connectivity index (χ1v) is 7.63. The van der Waals surface area contributed by atoms with Crippen LogP contribution < -0.4 is 10.2 Å². The molecule has 0 saturated carbocycles. The second-order valence-corrected chi connectivity index (χ2v) is 5.83. The molecule has 0 radical (unpaired) electrons. The van der Waals surface area contributed by atoms with E-state index in [2.05, 4.69) is 50.7 Å². The second kappa shape index (κ2) is 5.30. The van der Waals surface area contributed by atoms with Gasteiger partial charge >= 0.3 is 0 Å². The minimum Gasteiger partial charge on any atom is -0.337 e. The van der Waals surface area contributed by atoms with Crippen molar-refractivity contribution in [2.75, 3.05) is 24.5 Å². The first kappa shape index (κ1) is 12.6. The van der Waals surface area contributed by atoms with Gasteiger partial charge in [0.25, 0.3) is 0 Å². The van der Waals surface area contributed by atoms with Gasteiger partial charge in [-0.1, -0.05) is 6.92 Å². The summed E-state index contributed by atoms with van der Waals surface area (Å²) in [5.74, 6) is 1.71. The summed E-state index contributed by atoms with van der Waals surface area (Å²) in [6, 6.07) is 2.65. The van der Waals surface area contributed by atoms with E-state index in [1.54, 1.807) is 11.3 Å². The van der Waals surface area contributed by atoms with Gasteiger partial charge in [-0.2, -0.15) is 4.98 Å². The number of piperazine rings is 1. The molecule has 2 N–H and O–H groups in total. The van der Waals surface area contributed by atoms with E-state index >= 15 is 0 Å². The lowest BCUT2D eigenvalue weighted by molar-refractivity contribution is 0.480. The molecule has 3 heterocycles. The average Bonchev–Trinajstić information content (AvgIpc) is 3.07. The third kappa shape index (κ3) is 2.50. The third-order valence-corrected chi connectivity index (χ3v) is 4.43. The highest BCUT2D eigenvalue weighted by Crippen LogP contribution is 2.28. The van der Waals surface area contributed by atoms with E-state index in [-0.39, 0.29) is 0 Å². The van der Waals surface area contributed by atoms with E-state index in [4.69, 9.17) is 0 Å². The van der Waals surface area contributed by atoms with Gasteiger partial charge in [-0.3, -0.25) is 5.10 Å². The number of hydrogen-bond donors (Lipinski definition) is 2. The average molecular weight is 277 g/mol. The normalized spacial score (nSPS) is 19.9. The van der Waals surface area contributed by atoms with Crippen LogP contribution in [-0.4, -0.2) is 40.9 Å². The smallest absolute Gasteiger partial charge is 0.245 e. The number of hydrogen-bond acceptors (Lipinski definition) is 5. The van der Waals surface area contributed by atoms with Gasteiger partial charge in [0, 0.05) is 25.7 Å². The SMILES string of the molecule is CCc1ccsc1-c1nc(N2CCN[C@@H](C)C2)n[nH]1. The Hall–Kier alpha value is -1.40. The summed E-state index contributed by atoms with van der Waals surface area (Å²) in [4.78, 5) is 8.11. The number of aromatic nitrogens is 3. The molecule has 1 aliphatic heterocycles. The Morgan fingerprint density at radius 3 is 3.21 bits per heavy atom. The fourth-order valence-electron chi connectivity index (χ4n) is 2.43. The van der Waals surface area contributed by atoms with Crippen molar-refractivity contribution in [2.24, 2.45) is 0 Å². The quantitative estimate of drug-likeness (QED) is 0.899. The zero-order chi connectivity index (χ0) is 13.2. The standard InChI is InChI=1S/C13H19N5S/c1-3-10-4-7-19-11(10)12-15-13(17-16-12)18-6-5-14-9(2)8-18/h4,7,9,14H,3,5-6,8H2,1-2H3,(H,15,16,17)/t9-/m0/s1. The van der Waals surface area contributed by atoms with Gasteiger partial charge in [0.1, 0.15) is 0 Å². The van der Waals surface area contributed by atoms with Gasteiger partial charge in [-0.25, -0.2) is 0 Å². The minimum atomic E-state index is 0.489. The van der Waals surface area contributed by atoms with Crippen LogP contribution in [0.5, 0.6) is 0 Å². The van der Waals surface area contributed by atoms with Crippen molar-refractivity contribution in [1.29, 1.82) is 0 Å². The largest absolute Gasteiger partial charge is 0.337 e. The molecule has 6 heteroatoms. The Bertz CT molecular complexity index is 547. The molecule has 1 fully saturated rings. The van der Waals surface area contributed by atoms with Crippen molar-refractivity contribution in [3.05, 3.63) is 17.0 Å². The van der Waals surface area contributed by atoms with Crippen LogP contribution in [0.4, 0.5) is 5.95 Å². The summed E-state index contributed by atoms with van der Waals surface area (Å²) in [5.41, 5.74) is 1.33. The number of H-pyrrole nitrogens is 1. The minimum absolute atomic E-state index is 0.489. The van der Waals surface area contributed by atoms with Crippen LogP contribution >= 0.6 is 11.3 Å². The predicted octanol–water partition coefficient (Wildman–Crippen LogP) is 1.89. The predicted molar refractivity (Wildman–Crippen MR) is 78.8 cm³/mol. The van der Waals surface area contributed by atoms with E-state index in [0.29, 0.717) is 6.04 Å². The molecule has 0 unspecified atom stereocenters. The van der Waals surface area contributed by atoms with Crippen LogP contribution in [0.15, 0.2) is 11.4 Å². The molecule has 19 heavy (non-hydrogen) atoms. The molecule has 0 aromatic carbocycles. The zero-order valence-corrected chi connectivity index (χ0v) is 12.1. The Morgan fingerprint density at radius 1 is 1.53 bits per heavy atom. The molecule has 2 aromatic heterocycles. The lowest BCUT2D eigenvalue weighted by Crippen LogP contribution is -2.49. The molecule has 0 amide bonds. The lowest BCUT2D eigenvalue weighted by Gasteiger charge is -2.30. The van der Waals surface area contributed by atoms with Gasteiger partial charge in [0.05, 0.1) is 4.88 Å². The fraction of sp³-hybridized carbons (Fsp3) is 0.538. The number of aryl methyl sites for hydroxylation is 1. The van der Waals surface area contributed by atoms with Gasteiger partial charge in [0.15, 0.2) is 5.82 Å². The topological polar surface area (TPSA) is 56.8 Å².